The lowest BCUT2D eigenvalue weighted by Crippen LogP contribution is -2.24. The van der Waals surface area contributed by atoms with Crippen molar-refractivity contribution in [1.29, 1.82) is 0 Å². The average molecular weight is 257 g/mol. The normalized spacial score (nSPS) is 10.6. The molecule has 0 saturated heterocycles. The van der Waals surface area contributed by atoms with Crippen LogP contribution in [0.3, 0.4) is 0 Å². The first-order valence-corrected chi connectivity index (χ1v) is 6.34. The van der Waals surface area contributed by atoms with E-state index < -0.39 is 0 Å². The second-order valence-electron chi connectivity index (χ2n) is 3.90. The van der Waals surface area contributed by atoms with Crippen LogP contribution in [0.4, 0.5) is 5.69 Å². The first kappa shape index (κ1) is 14.3. The van der Waals surface area contributed by atoms with E-state index in [2.05, 4.69) is 11.0 Å². The monoisotopic (exact) mass is 256 g/mol. The molecule has 0 aliphatic heterocycles. The molecule has 96 valence electrons. The molecule has 0 radical (unpaired) electrons. The number of benzene rings is 1. The van der Waals surface area contributed by atoms with Gasteiger partial charge in [-0.15, -0.1) is 0 Å². The van der Waals surface area contributed by atoms with E-state index in [1.165, 1.54) is 5.56 Å². The molecule has 0 amide bonds. The summed E-state index contributed by atoms with van der Waals surface area (Å²) in [6.45, 7) is 4.91. The van der Waals surface area contributed by atoms with Crippen LogP contribution in [-0.2, 0) is 11.2 Å². The third-order valence-electron chi connectivity index (χ3n) is 2.64. The van der Waals surface area contributed by atoms with E-state index in [1.54, 1.807) is 0 Å². The summed E-state index contributed by atoms with van der Waals surface area (Å²) in [6, 6.07) is 5.95. The summed E-state index contributed by atoms with van der Waals surface area (Å²) >= 11 is 6.25. The molecule has 0 fully saturated rings. The SMILES string of the molecule is CCOCCN(C)c1c(Cl)cccc1CCN. The van der Waals surface area contributed by atoms with E-state index in [0.717, 1.165) is 30.3 Å². The van der Waals surface area contributed by atoms with Gasteiger partial charge in [-0.05, 0) is 31.5 Å². The van der Waals surface area contributed by atoms with Crippen LogP contribution >= 0.6 is 11.6 Å². The van der Waals surface area contributed by atoms with Gasteiger partial charge in [-0.1, -0.05) is 23.7 Å². The van der Waals surface area contributed by atoms with Crippen molar-refractivity contribution in [1.82, 2.24) is 0 Å². The molecule has 0 unspecified atom stereocenters. The predicted octanol–water partition coefficient (Wildman–Crippen LogP) is 2.31. The first-order chi connectivity index (χ1) is 8.20. The van der Waals surface area contributed by atoms with Crippen LogP contribution in [0.15, 0.2) is 18.2 Å². The quantitative estimate of drug-likeness (QED) is 0.761. The topological polar surface area (TPSA) is 38.5 Å². The van der Waals surface area contributed by atoms with Gasteiger partial charge in [0.2, 0.25) is 0 Å². The van der Waals surface area contributed by atoms with Gasteiger partial charge < -0.3 is 15.4 Å². The number of anilines is 1. The van der Waals surface area contributed by atoms with Crippen LogP contribution in [0, 0.1) is 0 Å². The van der Waals surface area contributed by atoms with Gasteiger partial charge >= 0.3 is 0 Å². The molecule has 0 bridgehead atoms. The van der Waals surface area contributed by atoms with Crippen molar-refractivity contribution in [3.05, 3.63) is 28.8 Å². The van der Waals surface area contributed by atoms with Crippen LogP contribution in [-0.4, -0.2) is 33.4 Å². The van der Waals surface area contributed by atoms with Gasteiger partial charge in [0.15, 0.2) is 0 Å². The molecule has 0 heterocycles. The fraction of sp³-hybridized carbons (Fsp3) is 0.538. The zero-order chi connectivity index (χ0) is 12.7. The van der Waals surface area contributed by atoms with E-state index >= 15 is 0 Å². The number of rotatable bonds is 7. The maximum atomic E-state index is 6.25. The Labute approximate surface area is 109 Å². The van der Waals surface area contributed by atoms with Crippen molar-refractivity contribution in [3.63, 3.8) is 0 Å². The number of ether oxygens (including phenoxy) is 1. The highest BCUT2D eigenvalue weighted by molar-refractivity contribution is 6.33. The fourth-order valence-electron chi connectivity index (χ4n) is 1.80. The van der Waals surface area contributed by atoms with E-state index in [0.29, 0.717) is 13.2 Å². The Balaban J connectivity index is 2.78. The number of nitrogens with zero attached hydrogens (tertiary/aromatic N) is 1. The second kappa shape index (κ2) is 7.54. The fourth-order valence-corrected chi connectivity index (χ4v) is 2.14. The Bertz CT molecular complexity index is 344. The molecule has 3 nitrogen and oxygen atoms in total. The molecule has 2 N–H and O–H groups in total. The summed E-state index contributed by atoms with van der Waals surface area (Å²) in [5.74, 6) is 0. The third-order valence-corrected chi connectivity index (χ3v) is 2.95. The second-order valence-corrected chi connectivity index (χ2v) is 4.31. The molecular formula is C13H21ClN2O. The smallest absolute Gasteiger partial charge is 0.0642 e. The Morgan fingerprint density at radius 3 is 2.82 bits per heavy atom. The van der Waals surface area contributed by atoms with E-state index in [1.807, 2.05) is 26.1 Å². The van der Waals surface area contributed by atoms with Gasteiger partial charge in [-0.3, -0.25) is 0 Å². The molecule has 0 aromatic heterocycles. The molecule has 1 aromatic rings. The number of para-hydroxylation sites is 1. The Morgan fingerprint density at radius 2 is 2.18 bits per heavy atom. The van der Waals surface area contributed by atoms with Crippen molar-refractivity contribution >= 4 is 17.3 Å². The summed E-state index contributed by atoms with van der Waals surface area (Å²) in [6.07, 6.45) is 0.842. The Hall–Kier alpha value is -0.770. The average Bonchev–Trinajstić information content (AvgIpc) is 2.30. The lowest BCUT2D eigenvalue weighted by Gasteiger charge is -2.23. The van der Waals surface area contributed by atoms with Crippen molar-refractivity contribution in [2.24, 2.45) is 5.73 Å². The zero-order valence-corrected chi connectivity index (χ0v) is 11.3. The lowest BCUT2D eigenvalue weighted by atomic mass is 10.1. The van der Waals surface area contributed by atoms with E-state index in [-0.39, 0.29) is 0 Å². The summed E-state index contributed by atoms with van der Waals surface area (Å²) in [5.41, 5.74) is 7.88. The first-order valence-electron chi connectivity index (χ1n) is 5.97. The molecule has 0 saturated carbocycles. The van der Waals surface area contributed by atoms with Crippen LogP contribution < -0.4 is 10.6 Å². The molecule has 0 aliphatic rings. The van der Waals surface area contributed by atoms with Gasteiger partial charge in [0.05, 0.1) is 17.3 Å². The maximum absolute atomic E-state index is 6.25. The van der Waals surface area contributed by atoms with Gasteiger partial charge in [-0.25, -0.2) is 0 Å². The molecule has 0 atom stereocenters. The van der Waals surface area contributed by atoms with Crippen LogP contribution in [0.5, 0.6) is 0 Å². The summed E-state index contributed by atoms with van der Waals surface area (Å²) in [7, 11) is 2.03. The highest BCUT2D eigenvalue weighted by Gasteiger charge is 2.10. The molecule has 1 rings (SSSR count). The number of likely N-dealkylation sites (N-methyl/N-ethyl adjacent to an activating group) is 1. The van der Waals surface area contributed by atoms with Crippen LogP contribution in [0.2, 0.25) is 5.02 Å². The molecular weight excluding hydrogens is 236 g/mol. The van der Waals surface area contributed by atoms with Gasteiger partial charge in [0.25, 0.3) is 0 Å². The van der Waals surface area contributed by atoms with Crippen molar-refractivity contribution in [2.45, 2.75) is 13.3 Å². The zero-order valence-electron chi connectivity index (χ0n) is 10.6. The largest absolute Gasteiger partial charge is 0.380 e. The number of halogens is 1. The highest BCUT2D eigenvalue weighted by Crippen LogP contribution is 2.29. The summed E-state index contributed by atoms with van der Waals surface area (Å²) in [4.78, 5) is 2.13. The number of nitrogens with two attached hydrogens (primary N) is 1. The standard InChI is InChI=1S/C13H21ClN2O/c1-3-17-10-9-16(2)13-11(7-8-15)5-4-6-12(13)14/h4-6H,3,7-10,15H2,1-2H3. The molecule has 0 spiro atoms. The minimum Gasteiger partial charge on any atom is -0.380 e. The van der Waals surface area contributed by atoms with Gasteiger partial charge in [0, 0.05) is 20.2 Å². The third kappa shape index (κ3) is 4.19. The number of hydrogen-bond acceptors (Lipinski definition) is 3. The minimum atomic E-state index is 0.632. The van der Waals surface area contributed by atoms with Crippen molar-refractivity contribution < 1.29 is 4.74 Å². The minimum absolute atomic E-state index is 0.632. The summed E-state index contributed by atoms with van der Waals surface area (Å²) in [5, 5.41) is 0.773. The Kier molecular flexibility index (Phi) is 6.34. The van der Waals surface area contributed by atoms with Crippen molar-refractivity contribution in [2.75, 3.05) is 38.3 Å². The van der Waals surface area contributed by atoms with Gasteiger partial charge in [0.1, 0.15) is 0 Å². The molecule has 4 heteroatoms. The number of hydrogen-bond donors (Lipinski definition) is 1. The van der Waals surface area contributed by atoms with Crippen LogP contribution in [0.1, 0.15) is 12.5 Å². The summed E-state index contributed by atoms with van der Waals surface area (Å²) < 4.78 is 5.36. The van der Waals surface area contributed by atoms with Gasteiger partial charge in [-0.2, -0.15) is 0 Å². The van der Waals surface area contributed by atoms with E-state index in [4.69, 9.17) is 22.1 Å². The molecule has 1 aromatic carbocycles. The van der Waals surface area contributed by atoms with E-state index in [9.17, 15) is 0 Å². The van der Waals surface area contributed by atoms with Crippen molar-refractivity contribution in [3.8, 4) is 0 Å². The molecule has 0 aliphatic carbocycles. The lowest BCUT2D eigenvalue weighted by molar-refractivity contribution is 0.154. The van der Waals surface area contributed by atoms with Crippen LogP contribution in [0.25, 0.3) is 0 Å². The molecule has 17 heavy (non-hydrogen) atoms. The predicted molar refractivity (Wildman–Crippen MR) is 74.0 cm³/mol. The maximum Gasteiger partial charge on any atom is 0.0642 e. The highest BCUT2D eigenvalue weighted by atomic mass is 35.5. The Morgan fingerprint density at radius 1 is 1.41 bits per heavy atom.